The third-order valence-corrected chi connectivity index (χ3v) is 15.0. The molecular weight excluding hydrogens is 1280 g/mol. The summed E-state index contributed by atoms with van der Waals surface area (Å²) in [4.78, 5) is 37.1. The van der Waals surface area contributed by atoms with E-state index in [-0.39, 0.29) is 123 Å². The number of aliphatic hydroxyl groups is 1. The Morgan fingerprint density at radius 2 is 0.871 bits per heavy atom. The van der Waals surface area contributed by atoms with Gasteiger partial charge in [0.05, 0.1) is 19.5 Å². The molecule has 4 N–H and O–H groups in total. The van der Waals surface area contributed by atoms with Gasteiger partial charge in [0.25, 0.3) is 17.7 Å². The maximum Gasteiger partial charge on any atom is 1.00 e. The second-order valence-electron chi connectivity index (χ2n) is 22.8. The number of nitrogens with zero attached hydrogens (tertiary/aromatic N) is 9. The van der Waals surface area contributed by atoms with E-state index < -0.39 is 19.4 Å². The van der Waals surface area contributed by atoms with Gasteiger partial charge in [0.15, 0.2) is 34.4 Å². The van der Waals surface area contributed by atoms with Crippen molar-refractivity contribution >= 4 is 33.7 Å². The van der Waals surface area contributed by atoms with E-state index in [0.717, 1.165) is 55.6 Å². The molecule has 7 heterocycles. The number of carbonyl (C=O) groups excluding carboxylic acids is 3. The van der Waals surface area contributed by atoms with Crippen molar-refractivity contribution in [3.63, 3.8) is 0 Å². The Morgan fingerprint density at radius 3 is 1.15 bits per heavy atom. The number of nitrogens with one attached hydrogen (secondary N) is 3. The number of hydrogen-bond donors (Lipinski definition) is 4. The zero-order valence-corrected chi connectivity index (χ0v) is 56.7. The first kappa shape index (κ1) is 71.2. The maximum atomic E-state index is 12.4. The van der Waals surface area contributed by atoms with Gasteiger partial charge in [-0.25, -0.2) is 0 Å². The van der Waals surface area contributed by atoms with Gasteiger partial charge in [-0.2, -0.15) is 0 Å². The first-order chi connectivity index (χ1) is 44.8. The van der Waals surface area contributed by atoms with Crippen LogP contribution in [0.3, 0.4) is 0 Å². The maximum absolute atomic E-state index is 12.4. The molecule has 0 bridgehead atoms. The number of amides is 3. The fourth-order valence-corrected chi connectivity index (χ4v) is 9.84. The summed E-state index contributed by atoms with van der Waals surface area (Å²) in [6.07, 6.45) is 5.65. The number of ether oxygens (including phenoxy) is 2. The van der Waals surface area contributed by atoms with Crippen molar-refractivity contribution in [1.29, 1.82) is 0 Å². The predicted octanol–water partition coefficient (Wildman–Crippen LogP) is 8.34. The van der Waals surface area contributed by atoms with Gasteiger partial charge >= 0.3 is 29.6 Å². The molecule has 3 aromatic carbocycles. The molecule has 1 saturated heterocycles. The first-order valence-corrected chi connectivity index (χ1v) is 31.3. The van der Waals surface area contributed by atoms with Crippen LogP contribution in [0.5, 0.6) is 0 Å². The normalized spacial score (nSPS) is 19.4. The molecule has 0 spiro atoms. The third-order valence-electron chi connectivity index (χ3n) is 14.6. The zero-order chi connectivity index (χ0) is 66.4. The van der Waals surface area contributed by atoms with Gasteiger partial charge in [-0.3, -0.25) is 18.8 Å². The topological polar surface area (TPSA) is 344 Å². The molecule has 3 aliphatic carbocycles. The van der Waals surface area contributed by atoms with Crippen molar-refractivity contribution in [3.8, 4) is 34.0 Å². The van der Waals surface area contributed by atoms with E-state index in [1.54, 1.807) is 39.0 Å². The van der Waals surface area contributed by atoms with Crippen LogP contribution in [-0.2, 0) is 9.47 Å². The fourth-order valence-electron chi connectivity index (χ4n) is 9.66. The van der Waals surface area contributed by atoms with E-state index >= 15 is 0 Å². The van der Waals surface area contributed by atoms with E-state index in [0.29, 0.717) is 59.6 Å². The quantitative estimate of drug-likeness (QED) is 0.0491. The molecule has 6 aromatic heterocycles. The molecule has 13 rings (SSSR count). The molecule has 490 valence electrons. The molecular formula is C65H77BrFN12NaO13. The predicted molar refractivity (Wildman–Crippen MR) is 333 cm³/mol. The van der Waals surface area contributed by atoms with Crippen LogP contribution in [0.4, 0.5) is 4.39 Å². The minimum Gasteiger partial charge on any atom is -0.852 e. The van der Waals surface area contributed by atoms with Crippen LogP contribution in [0, 0.1) is 0 Å². The Balaban J connectivity index is 0.000000182. The summed E-state index contributed by atoms with van der Waals surface area (Å²) < 4.78 is 58.7. The largest absolute Gasteiger partial charge is 1.00 e. The summed E-state index contributed by atoms with van der Waals surface area (Å²) in [5, 5.41) is 63.5. The van der Waals surface area contributed by atoms with Crippen molar-refractivity contribution in [3.05, 3.63) is 162 Å². The second-order valence-corrected chi connectivity index (χ2v) is 24.1. The van der Waals surface area contributed by atoms with Crippen molar-refractivity contribution < 1.29 is 96.2 Å². The third kappa shape index (κ3) is 21.4. The number of aliphatic hydroxyl groups excluding tert-OH is 1. The molecule has 28 heteroatoms. The molecule has 4 aliphatic rings. The second kappa shape index (κ2) is 36.1. The zero-order valence-electron chi connectivity index (χ0n) is 54.1. The first-order valence-electron chi connectivity index (χ1n) is 31.1. The average Bonchev–Trinajstić information content (AvgIpc) is 1.59. The number of benzene rings is 3. The van der Waals surface area contributed by atoms with Crippen LogP contribution < -0.4 is 50.6 Å². The number of alkyl halides is 2. The fraction of sp³-hybridized carbons (Fsp3) is 0.446. The Morgan fingerprint density at radius 1 is 0.559 bits per heavy atom. The summed E-state index contributed by atoms with van der Waals surface area (Å²) >= 11 is 3.41. The van der Waals surface area contributed by atoms with Gasteiger partial charge in [0.1, 0.15) is 12.2 Å². The van der Waals surface area contributed by atoms with Crippen LogP contribution in [0.2, 0.25) is 0 Å². The molecule has 3 atom stereocenters. The number of hydrogen-bond acceptors (Lipinski definition) is 22. The van der Waals surface area contributed by atoms with E-state index in [1.807, 2.05) is 119 Å². The summed E-state index contributed by atoms with van der Waals surface area (Å²) in [7, 11) is -1.00. The molecule has 9 aromatic rings. The summed E-state index contributed by atoms with van der Waals surface area (Å²) in [6, 6.07) is 33.7. The van der Waals surface area contributed by atoms with Crippen LogP contribution in [0.15, 0.2) is 136 Å². The molecule has 0 radical (unpaired) electrons. The smallest absolute Gasteiger partial charge is 0.852 e. The summed E-state index contributed by atoms with van der Waals surface area (Å²) in [5.74, 6) is 4.36. The number of aromatic nitrogens is 9. The average molecular weight is 1360 g/mol. The summed E-state index contributed by atoms with van der Waals surface area (Å²) in [6.45, 7) is 14.5. The van der Waals surface area contributed by atoms with Crippen LogP contribution in [0.1, 0.15) is 203 Å². The minimum absolute atomic E-state index is 0. The van der Waals surface area contributed by atoms with Gasteiger partial charge < -0.3 is 62.5 Å². The van der Waals surface area contributed by atoms with Gasteiger partial charge in [0.2, 0.25) is 35.3 Å². The van der Waals surface area contributed by atoms with E-state index in [1.165, 1.54) is 12.8 Å². The van der Waals surface area contributed by atoms with Gasteiger partial charge in [-0.15, -0.1) is 36.7 Å². The molecule has 1 aliphatic heterocycles. The molecule has 3 saturated carbocycles. The molecule has 3 amide bonds. The van der Waals surface area contributed by atoms with E-state index in [4.69, 9.17) is 37.7 Å². The molecule has 93 heavy (non-hydrogen) atoms. The standard InChI is InChI=1S/C21H24N4O4.C18H17BrN4O3.C18H18N4O4.C4H8O.C3H7O.CH3F.Na/c1-12(2)27-13(3)20-23-24-21(28-20)15-9-16(10-15)22-19(26)17-11-18(29-25-17)14-7-5-4-6-8-14;1-10(19)17-21-22-18(25-17)12-7-13(8-12)20-16(24)14-9-15(26-23-14)11-5-3-2-4-6-11;1-10(23)17-20-21-18(25-17)12-7-13(8-12)19-16(24)14-9-15(26-22-14)11-5-3-2-4-6-11;1-2-4-5-3-1;1-3(2)4;1-2;/h4-8,11-13,15-16H,9-10H2,1-3H3,(H,22,26);2-6,9-10,12-13H,7-8H2,1H3,(H,20,24);2-6,9-10,12-13,23H,7-8H2,1H3,(H,19,24);1-4H2;3H,1-2H3;1H3;/q;;;;-1;;+1/t13-,15?,16?;2*10-,12?,13?;;;;/m101..../s1/i;;;;;1D;. The van der Waals surface area contributed by atoms with Gasteiger partial charge in [-0.05, 0) is 86.0 Å². The van der Waals surface area contributed by atoms with Gasteiger partial charge in [-0.1, -0.05) is 136 Å². The monoisotopic (exact) mass is 1360 g/mol. The van der Waals surface area contributed by atoms with Crippen LogP contribution >= 0.6 is 15.9 Å². The summed E-state index contributed by atoms with van der Waals surface area (Å²) in [5.41, 5.74) is 3.43. The Bertz CT molecular complexity index is 3520. The van der Waals surface area contributed by atoms with Crippen molar-refractivity contribution in [2.75, 3.05) is 20.4 Å². The van der Waals surface area contributed by atoms with Gasteiger partial charge in [0, 0.05) is 84.0 Å². The van der Waals surface area contributed by atoms with E-state index in [9.17, 15) is 29.0 Å². The number of rotatable bonds is 17. The Labute approximate surface area is 569 Å². The number of halogens is 2. The van der Waals surface area contributed by atoms with Crippen molar-refractivity contribution in [1.82, 2.24) is 62.0 Å². The Hall–Kier alpha value is -7.63. The van der Waals surface area contributed by atoms with Crippen molar-refractivity contribution in [2.45, 2.75) is 165 Å². The van der Waals surface area contributed by atoms with Crippen molar-refractivity contribution in [2.24, 2.45) is 0 Å². The Kier molecular flexibility index (Phi) is 27.7. The van der Waals surface area contributed by atoms with Crippen LogP contribution in [0.25, 0.3) is 34.0 Å². The molecule has 0 unspecified atom stereocenters. The molecule has 25 nitrogen and oxygen atoms in total. The minimum atomic E-state index is -1.00. The molecule has 4 fully saturated rings. The number of carbonyl (C=O) groups is 3. The SMILES string of the molecule is C1CCOC1.CC(C)O[C@H](C)c1nnc(C2CC(NC(=O)c3cc(-c4ccccc4)on3)C2)o1.CC(C)[O-].C[C@@H](O)c1nnc(C2CC(NC(=O)c3cc(-c4ccccc4)on3)C2)o1.C[C@H](Br)c1nnc(C2CC(NC(=O)c3cc(-c4ccccc4)on3)C2)o1.[2H]CF.[Na+]. The van der Waals surface area contributed by atoms with Crippen LogP contribution in [-0.4, -0.2) is 120 Å². The van der Waals surface area contributed by atoms with E-state index in [2.05, 4.69) is 77.9 Å².